The maximum Gasteiger partial charge on any atom is 0.217 e. The number of aliphatic hydroxyl groups excluding tert-OH is 1. The van der Waals surface area contributed by atoms with E-state index >= 15 is 0 Å². The highest BCUT2D eigenvalue weighted by atomic mass is 32.5. The molecule has 0 saturated carbocycles. The summed E-state index contributed by atoms with van der Waals surface area (Å²) in [7, 11) is 2.94. The molecule has 0 rings (SSSR count). The van der Waals surface area contributed by atoms with Gasteiger partial charge < -0.3 is 14.2 Å². The third kappa shape index (κ3) is 2.79. The van der Waals surface area contributed by atoms with Gasteiger partial charge in [-0.05, 0) is 17.2 Å². The summed E-state index contributed by atoms with van der Waals surface area (Å²) < 4.78 is 10.1. The Bertz CT molecular complexity index is 180. The molecule has 0 bridgehead atoms. The maximum absolute atomic E-state index is 9.80. The van der Waals surface area contributed by atoms with Gasteiger partial charge in [0.2, 0.25) is 6.49 Å². The van der Waals surface area contributed by atoms with Crippen molar-refractivity contribution in [3.63, 3.8) is 0 Å². The lowest BCUT2D eigenvalue weighted by Gasteiger charge is -2.33. The van der Waals surface area contributed by atoms with Gasteiger partial charge in [-0.25, -0.2) is 0 Å². The Hall–Kier alpha value is 0.530. The van der Waals surface area contributed by atoms with Crippen molar-refractivity contribution < 1.29 is 14.2 Å². The van der Waals surface area contributed by atoms with E-state index in [1.165, 1.54) is 14.2 Å². The second-order valence-corrected chi connectivity index (χ2v) is 7.47. The van der Waals surface area contributed by atoms with Crippen LogP contribution in [0.1, 0.15) is 20.8 Å². The number of hydrogen-bond donors (Lipinski definition) is 1. The fourth-order valence-corrected chi connectivity index (χ4v) is 3.19. The van der Waals surface area contributed by atoms with E-state index in [0.29, 0.717) is 0 Å². The van der Waals surface area contributed by atoms with Crippen LogP contribution in [0.15, 0.2) is 0 Å². The van der Waals surface area contributed by atoms with Gasteiger partial charge in [0.05, 0.1) is 0 Å². The fraction of sp³-hybridized carbons (Fsp3) is 1.00. The molecular formula is C7H17O3PS. The van der Waals surface area contributed by atoms with Gasteiger partial charge in [0.25, 0.3) is 0 Å². The zero-order chi connectivity index (χ0) is 9.99. The zero-order valence-electron chi connectivity index (χ0n) is 8.20. The molecule has 0 aromatic carbocycles. The van der Waals surface area contributed by atoms with Crippen molar-refractivity contribution in [2.24, 2.45) is 5.41 Å². The van der Waals surface area contributed by atoms with Crippen LogP contribution in [0.3, 0.4) is 0 Å². The molecule has 0 aliphatic heterocycles. The van der Waals surface area contributed by atoms with Crippen LogP contribution < -0.4 is 0 Å². The Morgan fingerprint density at radius 1 is 1.25 bits per heavy atom. The monoisotopic (exact) mass is 212 g/mol. The molecule has 0 aromatic heterocycles. The first-order valence-electron chi connectivity index (χ1n) is 3.67. The highest BCUT2D eigenvalue weighted by molar-refractivity contribution is 8.10. The van der Waals surface area contributed by atoms with Crippen molar-refractivity contribution in [1.29, 1.82) is 0 Å². The normalized spacial score (nSPS) is 16.2. The Kier molecular flexibility index (Phi) is 4.34. The van der Waals surface area contributed by atoms with Gasteiger partial charge in [-0.15, -0.1) is 0 Å². The summed E-state index contributed by atoms with van der Waals surface area (Å²) in [6, 6.07) is 0. The van der Waals surface area contributed by atoms with Gasteiger partial charge in [0, 0.05) is 14.2 Å². The summed E-state index contributed by atoms with van der Waals surface area (Å²) in [5.41, 5.74) is -0.304. The van der Waals surface area contributed by atoms with Crippen LogP contribution >= 0.6 is 6.49 Å². The summed E-state index contributed by atoms with van der Waals surface area (Å²) >= 11 is 5.09. The van der Waals surface area contributed by atoms with Crippen molar-refractivity contribution in [3.05, 3.63) is 0 Å². The highest BCUT2D eigenvalue weighted by Crippen LogP contribution is 2.56. The van der Waals surface area contributed by atoms with Crippen molar-refractivity contribution in [1.82, 2.24) is 0 Å². The number of aliphatic hydroxyl groups is 1. The van der Waals surface area contributed by atoms with Gasteiger partial charge in [-0.2, -0.15) is 0 Å². The molecule has 0 heterocycles. The molecule has 0 spiro atoms. The van der Waals surface area contributed by atoms with Crippen LogP contribution in [0.5, 0.6) is 0 Å². The minimum absolute atomic E-state index is 0.304. The molecule has 74 valence electrons. The van der Waals surface area contributed by atoms with Crippen molar-refractivity contribution in [3.8, 4) is 0 Å². The molecule has 12 heavy (non-hydrogen) atoms. The summed E-state index contributed by atoms with van der Waals surface area (Å²) in [4.78, 5) is 0. The first-order valence-corrected chi connectivity index (χ1v) is 6.38. The fourth-order valence-electron chi connectivity index (χ4n) is 0.749. The minimum atomic E-state index is -2.50. The highest BCUT2D eigenvalue weighted by Gasteiger charge is 2.36. The van der Waals surface area contributed by atoms with E-state index in [1.54, 1.807) is 0 Å². The maximum atomic E-state index is 9.80. The topological polar surface area (TPSA) is 38.7 Å². The molecule has 3 nitrogen and oxygen atoms in total. The van der Waals surface area contributed by atoms with Gasteiger partial charge in [-0.3, -0.25) is 0 Å². The third-order valence-corrected chi connectivity index (χ3v) is 5.47. The molecule has 0 aromatic rings. The van der Waals surface area contributed by atoms with Gasteiger partial charge in [-0.1, -0.05) is 20.8 Å². The van der Waals surface area contributed by atoms with Crippen LogP contribution in [0.2, 0.25) is 0 Å². The van der Waals surface area contributed by atoms with Crippen LogP contribution in [0, 0.1) is 5.41 Å². The number of rotatable bonds is 3. The van der Waals surface area contributed by atoms with Crippen LogP contribution in [-0.4, -0.2) is 25.2 Å². The molecule has 1 N–H and O–H groups in total. The van der Waals surface area contributed by atoms with E-state index in [1.807, 2.05) is 20.8 Å². The quantitative estimate of drug-likeness (QED) is 0.726. The van der Waals surface area contributed by atoms with E-state index < -0.39 is 12.3 Å². The lowest BCUT2D eigenvalue weighted by atomic mass is 9.98. The van der Waals surface area contributed by atoms with Crippen molar-refractivity contribution in [2.75, 3.05) is 14.2 Å². The predicted octanol–water partition coefficient (Wildman–Crippen LogP) is 1.95. The van der Waals surface area contributed by atoms with Gasteiger partial charge in [0.15, 0.2) is 0 Å². The second-order valence-electron chi connectivity index (χ2n) is 3.64. The van der Waals surface area contributed by atoms with Crippen LogP contribution in [-0.2, 0) is 20.9 Å². The Morgan fingerprint density at radius 3 is 1.67 bits per heavy atom. The van der Waals surface area contributed by atoms with E-state index in [4.69, 9.17) is 20.9 Å². The van der Waals surface area contributed by atoms with Crippen molar-refractivity contribution >= 4 is 18.3 Å². The predicted molar refractivity (Wildman–Crippen MR) is 53.8 cm³/mol. The van der Waals surface area contributed by atoms with Gasteiger partial charge >= 0.3 is 0 Å². The SMILES string of the molecule is COP(=S)(OC)C(O)C(C)(C)C. The first-order chi connectivity index (χ1) is 5.28. The Labute approximate surface area is 79.2 Å². The molecular weight excluding hydrogens is 195 g/mol. The smallest absolute Gasteiger partial charge is 0.217 e. The van der Waals surface area contributed by atoms with E-state index in [9.17, 15) is 5.11 Å². The second kappa shape index (κ2) is 4.16. The molecule has 0 aliphatic rings. The van der Waals surface area contributed by atoms with Crippen LogP contribution in [0.25, 0.3) is 0 Å². The van der Waals surface area contributed by atoms with Gasteiger partial charge in [0.1, 0.15) is 5.85 Å². The average molecular weight is 212 g/mol. The van der Waals surface area contributed by atoms with Crippen LogP contribution in [0.4, 0.5) is 0 Å². The van der Waals surface area contributed by atoms with Crippen molar-refractivity contribution in [2.45, 2.75) is 26.6 Å². The molecule has 0 fully saturated rings. The summed E-state index contributed by atoms with van der Waals surface area (Å²) in [6.07, 6.45) is 0. The van der Waals surface area contributed by atoms with E-state index in [0.717, 1.165) is 0 Å². The Balaban J connectivity index is 4.66. The summed E-state index contributed by atoms with van der Waals surface area (Å²) in [5.74, 6) is -0.727. The first kappa shape index (κ1) is 12.5. The summed E-state index contributed by atoms with van der Waals surface area (Å²) in [5, 5.41) is 9.80. The molecule has 0 aliphatic carbocycles. The lowest BCUT2D eigenvalue weighted by molar-refractivity contribution is 0.109. The third-order valence-electron chi connectivity index (χ3n) is 1.58. The summed E-state index contributed by atoms with van der Waals surface area (Å²) in [6.45, 7) is 3.19. The molecule has 5 heteroatoms. The molecule has 0 radical (unpaired) electrons. The molecule has 0 amide bonds. The zero-order valence-corrected chi connectivity index (χ0v) is 9.91. The molecule has 1 atom stereocenters. The average Bonchev–Trinajstić information content (AvgIpc) is 2.00. The van der Waals surface area contributed by atoms with E-state index in [-0.39, 0.29) is 5.41 Å². The number of hydrogen-bond acceptors (Lipinski definition) is 4. The minimum Gasteiger partial charge on any atom is -0.382 e. The lowest BCUT2D eigenvalue weighted by Crippen LogP contribution is -2.26. The molecule has 0 saturated heterocycles. The van der Waals surface area contributed by atoms with E-state index in [2.05, 4.69) is 0 Å². The standard InChI is InChI=1S/C7H17O3PS/c1-7(2,3)6(8)11(12,9-4)10-5/h6,8H,1-5H3. The molecule has 1 unspecified atom stereocenters. The Morgan fingerprint density at radius 2 is 1.58 bits per heavy atom. The largest absolute Gasteiger partial charge is 0.382 e.